The zero-order valence-electron chi connectivity index (χ0n) is 36.2. The van der Waals surface area contributed by atoms with Gasteiger partial charge in [0.1, 0.15) is 35.1 Å². The second-order valence-electron chi connectivity index (χ2n) is 18.1. The molecular weight excluding hydrogens is 733 g/mol. The molecule has 6 rings (SSSR count). The van der Waals surface area contributed by atoms with Crippen molar-refractivity contribution in [3.63, 3.8) is 0 Å². The number of carbonyl (C=O) groups excluding carboxylic acids is 2. The lowest BCUT2D eigenvalue weighted by atomic mass is 10.1. The number of carbonyl (C=O) groups is 2. The average Bonchev–Trinajstić information content (AvgIpc) is 3.83. The largest absolute Gasteiger partial charge is 0.394 e. The maximum Gasteiger partial charge on any atom is 0.245 e. The Morgan fingerprint density at radius 1 is 0.672 bits per heavy atom. The summed E-state index contributed by atoms with van der Waals surface area (Å²) in [6, 6.07) is 10.1. The van der Waals surface area contributed by atoms with E-state index in [4.69, 9.17) is 24.7 Å². The molecule has 4 heterocycles. The number of likely N-dealkylation sites (N-methyl/N-ethyl adjacent to an activating group) is 2. The summed E-state index contributed by atoms with van der Waals surface area (Å²) < 4.78 is 6.05. The minimum atomic E-state index is -0.722. The van der Waals surface area contributed by atoms with Crippen LogP contribution < -0.4 is 20.4 Å². The highest BCUT2D eigenvalue weighted by Crippen LogP contribution is 2.33. The summed E-state index contributed by atoms with van der Waals surface area (Å²) in [4.78, 5) is 57.5. The van der Waals surface area contributed by atoms with E-state index in [2.05, 4.69) is 20.6 Å². The predicted octanol–water partition coefficient (Wildman–Crippen LogP) is 5.30. The zero-order valence-corrected chi connectivity index (χ0v) is 36.2. The third-order valence-electron chi connectivity index (χ3n) is 9.66. The van der Waals surface area contributed by atoms with E-state index in [9.17, 15) is 14.7 Å². The molecule has 0 saturated carbocycles. The monoisotopic (exact) mass is 794 g/mol. The van der Waals surface area contributed by atoms with Crippen LogP contribution in [0.2, 0.25) is 0 Å². The van der Waals surface area contributed by atoms with Crippen molar-refractivity contribution < 1.29 is 19.4 Å². The minimum absolute atomic E-state index is 0.0796. The van der Waals surface area contributed by atoms with E-state index < -0.39 is 12.1 Å². The molecule has 312 valence electrons. The lowest BCUT2D eigenvalue weighted by Crippen LogP contribution is -2.54. The number of ether oxygens (including phenoxy) is 1. The third-order valence-corrected chi connectivity index (χ3v) is 9.66. The van der Waals surface area contributed by atoms with Gasteiger partial charge in [-0.25, -0.2) is 19.9 Å². The van der Waals surface area contributed by atoms with Crippen LogP contribution in [0.15, 0.2) is 48.8 Å². The van der Waals surface area contributed by atoms with Crippen molar-refractivity contribution in [3.8, 4) is 23.0 Å². The molecule has 14 heteroatoms. The molecule has 2 aliphatic carbocycles. The number of rotatable bonds is 11. The van der Waals surface area contributed by atoms with Gasteiger partial charge in [-0.3, -0.25) is 19.6 Å². The number of aliphatic hydroxyl groups excluding tert-OH is 1. The molecule has 3 N–H and O–H groups in total. The first-order chi connectivity index (χ1) is 27.2. The van der Waals surface area contributed by atoms with Gasteiger partial charge in [-0.05, 0) is 125 Å². The van der Waals surface area contributed by atoms with Crippen LogP contribution in [0.5, 0.6) is 0 Å². The Morgan fingerprint density at radius 2 is 1.10 bits per heavy atom. The Hall–Kier alpha value is -5.08. The average molecular weight is 795 g/mol. The molecule has 2 aliphatic rings. The van der Waals surface area contributed by atoms with E-state index >= 15 is 0 Å². The van der Waals surface area contributed by atoms with Gasteiger partial charge < -0.3 is 30.3 Å². The number of hydrogen-bond acceptors (Lipinski definition) is 12. The summed E-state index contributed by atoms with van der Waals surface area (Å²) in [5.41, 5.74) is 4.57. The molecule has 0 radical (unpaired) electrons. The highest BCUT2D eigenvalue weighted by Gasteiger charge is 2.33. The number of amides is 2. The zero-order chi connectivity index (χ0) is 42.4. The van der Waals surface area contributed by atoms with Gasteiger partial charge in [0.25, 0.3) is 0 Å². The van der Waals surface area contributed by atoms with Crippen molar-refractivity contribution in [3.05, 3.63) is 71.3 Å². The molecule has 0 aromatic carbocycles. The number of fused-ring (bicyclic) bond motifs is 2. The number of pyridine rings is 2. The van der Waals surface area contributed by atoms with Crippen molar-refractivity contribution in [2.24, 2.45) is 0 Å². The van der Waals surface area contributed by atoms with Gasteiger partial charge in [-0.1, -0.05) is 12.1 Å². The molecule has 0 aliphatic heterocycles. The minimum Gasteiger partial charge on any atom is -0.394 e. The smallest absolute Gasteiger partial charge is 0.245 e. The van der Waals surface area contributed by atoms with Crippen LogP contribution in [0.25, 0.3) is 23.0 Å². The Kier molecular flexibility index (Phi) is 13.8. The Morgan fingerprint density at radius 3 is 1.48 bits per heavy atom. The lowest BCUT2D eigenvalue weighted by molar-refractivity contribution is -0.127. The number of hydrogen-bond donors (Lipinski definition) is 3. The van der Waals surface area contributed by atoms with Gasteiger partial charge in [0.2, 0.25) is 11.8 Å². The highest BCUT2D eigenvalue weighted by molar-refractivity contribution is 5.86. The first-order valence-corrected chi connectivity index (χ1v) is 20.2. The summed E-state index contributed by atoms with van der Waals surface area (Å²) in [5.74, 6) is 2.32. The molecule has 0 bridgehead atoms. The molecular formula is C44H62N10O4. The summed E-state index contributed by atoms with van der Waals surface area (Å²) in [7, 11) is 3.72. The van der Waals surface area contributed by atoms with Crippen molar-refractivity contribution in [1.82, 2.24) is 40.5 Å². The second kappa shape index (κ2) is 18.2. The van der Waals surface area contributed by atoms with Crippen molar-refractivity contribution in [2.75, 3.05) is 37.1 Å². The predicted molar refractivity (Wildman–Crippen MR) is 228 cm³/mol. The number of aliphatic hydroxyl groups is 1. The van der Waals surface area contributed by atoms with Crippen LogP contribution in [0.4, 0.5) is 11.6 Å². The number of aromatic nitrogens is 6. The van der Waals surface area contributed by atoms with Gasteiger partial charge in [-0.15, -0.1) is 0 Å². The topological polar surface area (TPSA) is 171 Å². The normalized spacial score (nSPS) is 14.7. The molecule has 4 aromatic heterocycles. The molecule has 0 spiro atoms. The molecule has 58 heavy (non-hydrogen) atoms. The van der Waals surface area contributed by atoms with Gasteiger partial charge in [-0.2, -0.15) is 0 Å². The van der Waals surface area contributed by atoms with E-state index in [0.29, 0.717) is 23.2 Å². The molecule has 0 unspecified atom stereocenters. The fourth-order valence-corrected chi connectivity index (χ4v) is 6.90. The van der Waals surface area contributed by atoms with Crippen LogP contribution in [-0.4, -0.2) is 103 Å². The van der Waals surface area contributed by atoms with E-state index in [1.165, 1.54) is 0 Å². The Balaban J connectivity index is 0.000000223. The van der Waals surface area contributed by atoms with Crippen molar-refractivity contribution >= 4 is 23.5 Å². The first-order valence-electron chi connectivity index (χ1n) is 20.2. The molecule has 2 amide bonds. The van der Waals surface area contributed by atoms with Gasteiger partial charge in [0, 0.05) is 60.1 Å². The number of nitrogens with zero attached hydrogens (tertiary/aromatic N) is 8. The van der Waals surface area contributed by atoms with E-state index in [1.807, 2.05) is 111 Å². The molecule has 0 saturated heterocycles. The van der Waals surface area contributed by atoms with Crippen molar-refractivity contribution in [2.45, 2.75) is 130 Å². The van der Waals surface area contributed by atoms with E-state index in [-0.39, 0.29) is 41.7 Å². The highest BCUT2D eigenvalue weighted by atomic mass is 16.5. The van der Waals surface area contributed by atoms with Crippen LogP contribution in [0.1, 0.15) is 97.7 Å². The Labute approximate surface area is 343 Å². The SMILES string of the molecule is CN(c1nc(-c2ccccn2)nc2c1CCC2)[C@@H](CO)C(=O)NC(C)(C)C.CN(c1nc(-c2ccccn2)nc2c1CCC2)[C@@H](COC(C)(C)C)C(=O)NC(C)(C)C. The lowest BCUT2D eigenvalue weighted by Gasteiger charge is -2.34. The summed E-state index contributed by atoms with van der Waals surface area (Å²) in [6.07, 6.45) is 9.07. The van der Waals surface area contributed by atoms with Crippen LogP contribution in [0, 0.1) is 0 Å². The van der Waals surface area contributed by atoms with Crippen LogP contribution in [-0.2, 0) is 40.0 Å². The summed E-state index contributed by atoms with van der Waals surface area (Å²) >= 11 is 0. The van der Waals surface area contributed by atoms with Crippen LogP contribution >= 0.6 is 0 Å². The van der Waals surface area contributed by atoms with E-state index in [0.717, 1.165) is 72.6 Å². The maximum absolute atomic E-state index is 13.3. The molecule has 14 nitrogen and oxygen atoms in total. The van der Waals surface area contributed by atoms with Gasteiger partial charge in [0.15, 0.2) is 11.6 Å². The van der Waals surface area contributed by atoms with Gasteiger partial charge in [0.05, 0.1) is 18.8 Å². The van der Waals surface area contributed by atoms with E-state index in [1.54, 1.807) is 24.3 Å². The molecule has 4 aromatic rings. The Bertz CT molecular complexity index is 2020. The number of nitrogens with one attached hydrogen (secondary N) is 2. The van der Waals surface area contributed by atoms with Crippen molar-refractivity contribution in [1.29, 1.82) is 0 Å². The number of anilines is 2. The number of aryl methyl sites for hydroxylation is 2. The quantitative estimate of drug-likeness (QED) is 0.179. The summed E-state index contributed by atoms with van der Waals surface area (Å²) in [6.45, 7) is 17.6. The standard InChI is InChI=1S/C24H35N5O2.C20H27N5O2/c1-23(2,3)28-22(30)19(15-31-24(4,5)6)29(7)21-16-11-10-13-17(16)26-20(27-21)18-12-8-9-14-25-18;1-20(2,3)24-19(27)16(12-26)25(4)18-13-8-7-10-14(13)22-17(23-18)15-9-5-6-11-21-15/h8-9,12,14,19H,10-11,13,15H2,1-7H3,(H,28,30);5-6,9,11,16,26H,7-8,10,12H2,1-4H3,(H,24,27)/t19-;16-/m00/s1. The molecule has 0 fully saturated rings. The maximum atomic E-state index is 13.3. The summed E-state index contributed by atoms with van der Waals surface area (Å²) in [5, 5.41) is 15.9. The van der Waals surface area contributed by atoms with Gasteiger partial charge >= 0.3 is 0 Å². The first kappa shape index (κ1) is 44.0. The molecule has 2 atom stereocenters. The fourth-order valence-electron chi connectivity index (χ4n) is 6.90. The third kappa shape index (κ3) is 11.5. The van der Waals surface area contributed by atoms with Crippen LogP contribution in [0.3, 0.4) is 0 Å². The second-order valence-corrected chi connectivity index (χ2v) is 18.1. The fraction of sp³-hybridized carbons (Fsp3) is 0.545.